The van der Waals surface area contributed by atoms with E-state index in [0.29, 0.717) is 6.54 Å². The van der Waals surface area contributed by atoms with E-state index in [-0.39, 0.29) is 0 Å². The molecule has 1 rings (SSSR count). The molecule has 44 valence electrons. The molecular formula is C5H9N3. The molecule has 1 heterocycles. The predicted octanol–water partition coefficient (Wildman–Crippen LogP) is -0.539. The van der Waals surface area contributed by atoms with Gasteiger partial charge in [0.15, 0.2) is 0 Å². The van der Waals surface area contributed by atoms with Gasteiger partial charge in [-0.2, -0.15) is 5.10 Å². The van der Waals surface area contributed by atoms with Crippen molar-refractivity contribution in [1.82, 2.24) is 5.43 Å². The molecule has 0 spiro atoms. The Kier molecular flexibility index (Phi) is 1.64. The number of nitrogens with zero attached hydrogens (tertiary/aromatic N) is 1. The number of nitrogens with two attached hydrogens (primary N) is 1. The average Bonchev–Trinajstić information content (AvgIpc) is 1.90. The Morgan fingerprint density at radius 3 is 3.12 bits per heavy atom. The van der Waals surface area contributed by atoms with E-state index in [4.69, 9.17) is 5.73 Å². The van der Waals surface area contributed by atoms with Gasteiger partial charge < -0.3 is 11.2 Å². The van der Waals surface area contributed by atoms with Crippen molar-refractivity contribution in [1.29, 1.82) is 0 Å². The minimum Gasteiger partial charge on any atom is -0.325 e. The summed E-state index contributed by atoms with van der Waals surface area (Å²) in [6, 6.07) is 0. The van der Waals surface area contributed by atoms with E-state index >= 15 is 0 Å². The highest BCUT2D eigenvalue weighted by Gasteiger charge is 1.91. The minimum absolute atomic E-state index is 0.517. The maximum atomic E-state index is 5.28. The molecule has 0 amide bonds. The molecule has 3 heteroatoms. The Labute approximate surface area is 48.3 Å². The maximum absolute atomic E-state index is 5.28. The Bertz CT molecular complexity index is 126. The number of rotatable bonds is 1. The summed E-state index contributed by atoms with van der Waals surface area (Å²) in [5, 5.41) is 3.90. The summed E-state index contributed by atoms with van der Waals surface area (Å²) in [4.78, 5) is 0. The van der Waals surface area contributed by atoms with Crippen LogP contribution in [0.4, 0.5) is 0 Å². The van der Waals surface area contributed by atoms with E-state index in [1.54, 1.807) is 0 Å². The molecule has 0 aromatic heterocycles. The minimum atomic E-state index is 0.517. The third-order valence-electron chi connectivity index (χ3n) is 0.951. The van der Waals surface area contributed by atoms with Crippen LogP contribution in [-0.2, 0) is 0 Å². The molecule has 0 atom stereocenters. The third kappa shape index (κ3) is 1.07. The van der Waals surface area contributed by atoms with E-state index in [1.807, 2.05) is 12.2 Å². The van der Waals surface area contributed by atoms with Gasteiger partial charge in [-0.05, 0) is 6.08 Å². The van der Waals surface area contributed by atoms with Crippen molar-refractivity contribution in [2.45, 2.75) is 0 Å². The van der Waals surface area contributed by atoms with Gasteiger partial charge in [0.1, 0.15) is 0 Å². The molecule has 0 radical (unpaired) electrons. The van der Waals surface area contributed by atoms with E-state index < -0.39 is 0 Å². The van der Waals surface area contributed by atoms with Gasteiger partial charge in [0.05, 0.1) is 12.3 Å². The average molecular weight is 111 g/mol. The van der Waals surface area contributed by atoms with Gasteiger partial charge in [-0.25, -0.2) is 0 Å². The van der Waals surface area contributed by atoms with Crippen molar-refractivity contribution in [3.63, 3.8) is 0 Å². The second-order valence-electron chi connectivity index (χ2n) is 1.57. The summed E-state index contributed by atoms with van der Waals surface area (Å²) in [5.41, 5.74) is 9.00. The molecule has 3 N–H and O–H groups in total. The standard InChI is InChI=1S/C5H9N3/c6-4-5-2-1-3-7-8-5/h1-2,7H,3-4,6H2. The fourth-order valence-electron chi connectivity index (χ4n) is 0.546. The molecule has 0 aromatic rings. The number of nitrogens with one attached hydrogen (secondary N) is 1. The van der Waals surface area contributed by atoms with Crippen molar-refractivity contribution >= 4 is 5.71 Å². The molecule has 0 saturated heterocycles. The second-order valence-corrected chi connectivity index (χ2v) is 1.57. The lowest BCUT2D eigenvalue weighted by Crippen LogP contribution is -2.20. The monoisotopic (exact) mass is 111 g/mol. The largest absolute Gasteiger partial charge is 0.325 e. The summed E-state index contributed by atoms with van der Waals surface area (Å²) in [6.07, 6.45) is 3.92. The topological polar surface area (TPSA) is 50.4 Å². The molecule has 0 bridgehead atoms. The van der Waals surface area contributed by atoms with Crippen molar-refractivity contribution < 1.29 is 0 Å². The molecule has 1 aliphatic heterocycles. The van der Waals surface area contributed by atoms with E-state index in [2.05, 4.69) is 10.5 Å². The summed E-state index contributed by atoms with van der Waals surface area (Å²) in [5.74, 6) is 0. The van der Waals surface area contributed by atoms with Gasteiger partial charge in [-0.1, -0.05) is 6.08 Å². The number of hydrogen-bond donors (Lipinski definition) is 2. The summed E-state index contributed by atoms with van der Waals surface area (Å²) in [6.45, 7) is 1.34. The van der Waals surface area contributed by atoms with Crippen LogP contribution in [0.1, 0.15) is 0 Å². The Hall–Kier alpha value is -0.830. The Balaban J connectivity index is 2.51. The van der Waals surface area contributed by atoms with E-state index in [0.717, 1.165) is 12.3 Å². The van der Waals surface area contributed by atoms with Gasteiger partial charge in [0.2, 0.25) is 0 Å². The third-order valence-corrected chi connectivity index (χ3v) is 0.951. The molecular weight excluding hydrogens is 102 g/mol. The van der Waals surface area contributed by atoms with Gasteiger partial charge in [0, 0.05) is 6.54 Å². The zero-order chi connectivity index (χ0) is 5.82. The van der Waals surface area contributed by atoms with Crippen LogP contribution in [-0.4, -0.2) is 18.8 Å². The molecule has 1 aliphatic rings. The van der Waals surface area contributed by atoms with E-state index in [9.17, 15) is 0 Å². The molecule has 0 aliphatic carbocycles. The molecule has 0 unspecified atom stereocenters. The van der Waals surface area contributed by atoms with Gasteiger partial charge >= 0.3 is 0 Å². The highest BCUT2D eigenvalue weighted by atomic mass is 15.3. The smallest absolute Gasteiger partial charge is 0.0736 e. The first-order chi connectivity index (χ1) is 3.93. The van der Waals surface area contributed by atoms with E-state index in [1.165, 1.54) is 0 Å². The van der Waals surface area contributed by atoms with Gasteiger partial charge in [-0.15, -0.1) is 0 Å². The quantitative estimate of drug-likeness (QED) is 0.477. The predicted molar refractivity (Wildman–Crippen MR) is 33.6 cm³/mol. The number of hydrazone groups is 1. The fourth-order valence-corrected chi connectivity index (χ4v) is 0.546. The molecule has 0 aromatic carbocycles. The normalized spacial score (nSPS) is 17.4. The SMILES string of the molecule is NCC1=NNCC=C1. The van der Waals surface area contributed by atoms with Gasteiger partial charge in [0.25, 0.3) is 0 Å². The Morgan fingerprint density at radius 1 is 1.88 bits per heavy atom. The zero-order valence-electron chi connectivity index (χ0n) is 4.59. The first-order valence-electron chi connectivity index (χ1n) is 2.59. The van der Waals surface area contributed by atoms with Gasteiger partial charge in [-0.3, -0.25) is 0 Å². The van der Waals surface area contributed by atoms with Crippen molar-refractivity contribution in [2.24, 2.45) is 10.8 Å². The lowest BCUT2D eigenvalue weighted by Gasteiger charge is -2.02. The first kappa shape index (κ1) is 5.31. The van der Waals surface area contributed by atoms with Crippen LogP contribution in [0.15, 0.2) is 17.3 Å². The van der Waals surface area contributed by atoms with Crippen molar-refractivity contribution in [3.8, 4) is 0 Å². The van der Waals surface area contributed by atoms with Crippen LogP contribution in [0.5, 0.6) is 0 Å². The lowest BCUT2D eigenvalue weighted by atomic mass is 10.3. The fraction of sp³-hybridized carbons (Fsp3) is 0.400. The van der Waals surface area contributed by atoms with Crippen LogP contribution >= 0.6 is 0 Å². The molecule has 3 nitrogen and oxygen atoms in total. The van der Waals surface area contributed by atoms with Crippen LogP contribution in [0.25, 0.3) is 0 Å². The van der Waals surface area contributed by atoms with Crippen LogP contribution in [0.3, 0.4) is 0 Å². The highest BCUT2D eigenvalue weighted by molar-refractivity contribution is 5.96. The summed E-state index contributed by atoms with van der Waals surface area (Å²) >= 11 is 0. The molecule has 0 saturated carbocycles. The van der Waals surface area contributed by atoms with Crippen molar-refractivity contribution in [2.75, 3.05) is 13.1 Å². The maximum Gasteiger partial charge on any atom is 0.0736 e. The zero-order valence-corrected chi connectivity index (χ0v) is 4.59. The highest BCUT2D eigenvalue weighted by Crippen LogP contribution is 1.83. The Morgan fingerprint density at radius 2 is 2.75 bits per heavy atom. The van der Waals surface area contributed by atoms with Crippen LogP contribution in [0.2, 0.25) is 0 Å². The summed E-state index contributed by atoms with van der Waals surface area (Å²) < 4.78 is 0. The number of hydrogen-bond acceptors (Lipinski definition) is 3. The second kappa shape index (κ2) is 2.47. The molecule has 0 fully saturated rings. The van der Waals surface area contributed by atoms with Crippen molar-refractivity contribution in [3.05, 3.63) is 12.2 Å². The first-order valence-corrected chi connectivity index (χ1v) is 2.59. The van der Waals surface area contributed by atoms with Crippen LogP contribution in [0, 0.1) is 0 Å². The summed E-state index contributed by atoms with van der Waals surface area (Å²) in [7, 11) is 0. The molecule has 8 heavy (non-hydrogen) atoms. The van der Waals surface area contributed by atoms with Crippen LogP contribution < -0.4 is 11.2 Å². The lowest BCUT2D eigenvalue weighted by molar-refractivity contribution is 0.812.